The molecule has 0 unspecified atom stereocenters. The minimum absolute atomic E-state index is 0.166. The first-order chi connectivity index (χ1) is 13.1. The molecule has 142 valence electrons. The van der Waals surface area contributed by atoms with Crippen LogP contribution in [0.2, 0.25) is 0 Å². The smallest absolute Gasteiger partial charge is 0.288 e. The van der Waals surface area contributed by atoms with Gasteiger partial charge in [0.1, 0.15) is 5.82 Å². The monoisotopic (exact) mass is 386 g/mol. The molecule has 0 radical (unpaired) electrons. The van der Waals surface area contributed by atoms with E-state index in [0.29, 0.717) is 29.1 Å². The number of fused-ring (bicyclic) bond motifs is 1. The SMILES string of the molecule is Cc1nc(OCc2nn(CN3CCN(C)CC3)c(=S)o2)c2ccccc2n1. The lowest BCUT2D eigenvalue weighted by Crippen LogP contribution is -2.45. The number of ether oxygens (including phenoxy) is 1. The first-order valence-electron chi connectivity index (χ1n) is 8.92. The maximum atomic E-state index is 5.87. The van der Waals surface area contributed by atoms with Gasteiger partial charge in [0.2, 0.25) is 5.88 Å². The summed E-state index contributed by atoms with van der Waals surface area (Å²) in [6.07, 6.45) is 0. The summed E-state index contributed by atoms with van der Waals surface area (Å²) >= 11 is 5.31. The van der Waals surface area contributed by atoms with Crippen LogP contribution in [0.15, 0.2) is 28.7 Å². The number of likely N-dealkylation sites (N-methyl/N-ethyl adjacent to an activating group) is 1. The van der Waals surface area contributed by atoms with Crippen LogP contribution in [0.4, 0.5) is 0 Å². The van der Waals surface area contributed by atoms with Gasteiger partial charge in [0, 0.05) is 26.2 Å². The molecular weight excluding hydrogens is 364 g/mol. The lowest BCUT2D eigenvalue weighted by Gasteiger charge is -2.31. The number of hydrogen-bond acceptors (Lipinski definition) is 8. The lowest BCUT2D eigenvalue weighted by atomic mass is 10.2. The quantitative estimate of drug-likeness (QED) is 0.618. The summed E-state index contributed by atoms with van der Waals surface area (Å²) in [5, 5.41) is 5.32. The van der Waals surface area contributed by atoms with Crippen LogP contribution in [0, 0.1) is 11.8 Å². The van der Waals surface area contributed by atoms with Gasteiger partial charge in [-0.15, -0.1) is 5.10 Å². The molecule has 1 aliphatic heterocycles. The lowest BCUT2D eigenvalue weighted by molar-refractivity contribution is 0.118. The molecule has 4 rings (SSSR count). The number of aromatic nitrogens is 4. The Balaban J connectivity index is 1.46. The summed E-state index contributed by atoms with van der Waals surface area (Å²) in [6, 6.07) is 7.75. The molecule has 0 bridgehead atoms. The van der Waals surface area contributed by atoms with E-state index in [1.807, 2.05) is 31.2 Å². The molecule has 1 fully saturated rings. The molecule has 3 heterocycles. The zero-order chi connectivity index (χ0) is 18.8. The van der Waals surface area contributed by atoms with Crippen LogP contribution >= 0.6 is 12.2 Å². The van der Waals surface area contributed by atoms with Crippen molar-refractivity contribution >= 4 is 23.1 Å². The summed E-state index contributed by atoms with van der Waals surface area (Å²) in [6.45, 7) is 6.70. The van der Waals surface area contributed by atoms with Crippen molar-refractivity contribution in [2.75, 3.05) is 33.2 Å². The topological polar surface area (TPSA) is 72.5 Å². The van der Waals surface area contributed by atoms with Crippen LogP contribution in [0.25, 0.3) is 10.9 Å². The average Bonchev–Trinajstić information content (AvgIpc) is 3.01. The molecule has 1 aliphatic rings. The van der Waals surface area contributed by atoms with Gasteiger partial charge in [-0.05, 0) is 38.3 Å². The Morgan fingerprint density at radius 1 is 1.15 bits per heavy atom. The molecule has 9 heteroatoms. The second-order valence-electron chi connectivity index (χ2n) is 6.71. The highest BCUT2D eigenvalue weighted by atomic mass is 32.1. The van der Waals surface area contributed by atoms with Crippen molar-refractivity contribution in [1.29, 1.82) is 0 Å². The van der Waals surface area contributed by atoms with E-state index in [1.165, 1.54) is 0 Å². The van der Waals surface area contributed by atoms with Crippen molar-refractivity contribution in [2.24, 2.45) is 0 Å². The number of para-hydroxylation sites is 1. The van der Waals surface area contributed by atoms with E-state index >= 15 is 0 Å². The summed E-state index contributed by atoms with van der Waals surface area (Å²) in [5.41, 5.74) is 0.849. The molecule has 2 aromatic heterocycles. The highest BCUT2D eigenvalue weighted by Crippen LogP contribution is 2.22. The largest absolute Gasteiger partial charge is 0.467 e. The van der Waals surface area contributed by atoms with Gasteiger partial charge in [0.15, 0.2) is 6.61 Å². The summed E-state index contributed by atoms with van der Waals surface area (Å²) < 4.78 is 13.2. The van der Waals surface area contributed by atoms with E-state index in [2.05, 4.69) is 31.9 Å². The van der Waals surface area contributed by atoms with Crippen molar-refractivity contribution in [3.05, 3.63) is 40.8 Å². The van der Waals surface area contributed by atoms with Gasteiger partial charge in [-0.25, -0.2) is 9.67 Å². The molecule has 0 amide bonds. The fourth-order valence-electron chi connectivity index (χ4n) is 3.07. The number of benzene rings is 1. The fraction of sp³-hybridized carbons (Fsp3) is 0.444. The Morgan fingerprint density at radius 2 is 1.93 bits per heavy atom. The minimum Gasteiger partial charge on any atom is -0.467 e. The van der Waals surface area contributed by atoms with Gasteiger partial charge in [-0.3, -0.25) is 4.90 Å². The van der Waals surface area contributed by atoms with E-state index in [9.17, 15) is 0 Å². The van der Waals surface area contributed by atoms with Crippen LogP contribution in [0.3, 0.4) is 0 Å². The molecule has 0 spiro atoms. The van der Waals surface area contributed by atoms with Crippen LogP contribution < -0.4 is 4.74 Å². The van der Waals surface area contributed by atoms with Gasteiger partial charge in [-0.1, -0.05) is 12.1 Å². The molecule has 0 N–H and O–H groups in total. The third-order valence-electron chi connectivity index (χ3n) is 4.59. The van der Waals surface area contributed by atoms with Gasteiger partial charge in [0.05, 0.1) is 17.6 Å². The first-order valence-corrected chi connectivity index (χ1v) is 9.33. The van der Waals surface area contributed by atoms with Crippen molar-refractivity contribution < 1.29 is 9.15 Å². The number of aryl methyl sites for hydroxylation is 1. The second-order valence-corrected chi connectivity index (χ2v) is 7.06. The predicted molar refractivity (Wildman–Crippen MR) is 103 cm³/mol. The molecule has 0 saturated carbocycles. The van der Waals surface area contributed by atoms with E-state index in [0.717, 1.165) is 37.1 Å². The maximum absolute atomic E-state index is 5.87. The van der Waals surface area contributed by atoms with E-state index in [-0.39, 0.29) is 6.61 Å². The number of rotatable bonds is 5. The third-order valence-corrected chi connectivity index (χ3v) is 4.88. The predicted octanol–water partition coefficient (Wildman–Crippen LogP) is 2.24. The molecule has 8 nitrogen and oxygen atoms in total. The van der Waals surface area contributed by atoms with Crippen molar-refractivity contribution in [2.45, 2.75) is 20.2 Å². The van der Waals surface area contributed by atoms with Gasteiger partial charge < -0.3 is 14.1 Å². The highest BCUT2D eigenvalue weighted by Gasteiger charge is 2.16. The molecule has 27 heavy (non-hydrogen) atoms. The van der Waals surface area contributed by atoms with Crippen molar-refractivity contribution in [1.82, 2.24) is 29.5 Å². The Labute approximate surface area is 162 Å². The van der Waals surface area contributed by atoms with Crippen molar-refractivity contribution in [3.63, 3.8) is 0 Å². The summed E-state index contributed by atoms with van der Waals surface area (Å²) in [4.78, 5) is 13.8. The van der Waals surface area contributed by atoms with E-state index < -0.39 is 0 Å². The third kappa shape index (κ3) is 4.15. The Bertz CT molecular complexity index is 993. The Kier molecular flexibility index (Phi) is 5.15. The normalized spacial score (nSPS) is 16.1. The molecule has 1 aromatic carbocycles. The number of hydrogen-bond donors (Lipinski definition) is 0. The van der Waals surface area contributed by atoms with Crippen LogP contribution in [-0.2, 0) is 13.3 Å². The minimum atomic E-state index is 0.166. The molecule has 0 atom stereocenters. The number of nitrogens with zero attached hydrogens (tertiary/aromatic N) is 6. The highest BCUT2D eigenvalue weighted by molar-refractivity contribution is 7.71. The van der Waals surface area contributed by atoms with Crippen LogP contribution in [0.1, 0.15) is 11.7 Å². The number of piperazine rings is 1. The zero-order valence-electron chi connectivity index (χ0n) is 15.5. The average molecular weight is 386 g/mol. The Morgan fingerprint density at radius 3 is 2.74 bits per heavy atom. The molecule has 0 aliphatic carbocycles. The van der Waals surface area contributed by atoms with Crippen LogP contribution in [0.5, 0.6) is 5.88 Å². The molecule has 1 saturated heterocycles. The molecule has 3 aromatic rings. The maximum Gasteiger partial charge on any atom is 0.288 e. The van der Waals surface area contributed by atoms with Gasteiger partial charge in [0.25, 0.3) is 10.7 Å². The standard InChI is InChI=1S/C18H22N6O2S/c1-13-19-15-6-4-3-5-14(15)17(20-13)25-11-16-21-24(18(27)26-16)12-23-9-7-22(2)8-10-23/h3-6H,7-12H2,1-2H3. The van der Waals surface area contributed by atoms with E-state index in [4.69, 9.17) is 21.4 Å². The zero-order valence-corrected chi connectivity index (χ0v) is 16.3. The first kappa shape index (κ1) is 18.0. The fourth-order valence-corrected chi connectivity index (χ4v) is 3.27. The van der Waals surface area contributed by atoms with Crippen LogP contribution in [-0.4, -0.2) is 62.8 Å². The van der Waals surface area contributed by atoms with Gasteiger partial charge >= 0.3 is 0 Å². The summed E-state index contributed by atoms with van der Waals surface area (Å²) in [7, 11) is 2.13. The van der Waals surface area contributed by atoms with Crippen molar-refractivity contribution in [3.8, 4) is 5.88 Å². The Hall–Kier alpha value is -2.36. The van der Waals surface area contributed by atoms with Gasteiger partial charge in [-0.2, -0.15) is 4.98 Å². The molecular formula is C18H22N6O2S. The van der Waals surface area contributed by atoms with E-state index in [1.54, 1.807) is 4.68 Å². The second kappa shape index (κ2) is 7.71. The summed E-state index contributed by atoms with van der Waals surface area (Å²) in [5.74, 6) is 1.62.